The van der Waals surface area contributed by atoms with E-state index in [4.69, 9.17) is 9.98 Å². The lowest BCUT2D eigenvalue weighted by Gasteiger charge is -2.24. The molecule has 0 saturated carbocycles. The highest BCUT2D eigenvalue weighted by molar-refractivity contribution is 6.14. The minimum absolute atomic E-state index is 0.372. The molecule has 316 valence electrons. The maximum absolute atomic E-state index is 5.31. The molecule has 1 unspecified atom stereocenters. The van der Waals surface area contributed by atoms with Crippen LogP contribution in [0.2, 0.25) is 0 Å². The van der Waals surface area contributed by atoms with E-state index in [-0.39, 0.29) is 6.17 Å². The van der Waals surface area contributed by atoms with Crippen LogP contribution in [0.15, 0.2) is 265 Å². The molecule has 0 fully saturated rings. The summed E-state index contributed by atoms with van der Waals surface area (Å²) in [7, 11) is 0. The van der Waals surface area contributed by atoms with Gasteiger partial charge in [-0.05, 0) is 104 Å². The van der Waals surface area contributed by atoms with E-state index in [2.05, 4.69) is 265 Å². The molecular weight excluding hydrogens is 813 g/mol. The van der Waals surface area contributed by atoms with Crippen molar-refractivity contribution in [3.63, 3.8) is 0 Å². The molecule has 1 atom stereocenters. The molecular formula is C63H44N4. The summed E-state index contributed by atoms with van der Waals surface area (Å²) in [5, 5.41) is 6.21. The molecule has 0 spiro atoms. The van der Waals surface area contributed by atoms with Gasteiger partial charge in [0.25, 0.3) is 0 Å². The first-order valence-electron chi connectivity index (χ1n) is 22.8. The van der Waals surface area contributed by atoms with Gasteiger partial charge in [0.2, 0.25) is 0 Å². The molecule has 0 radical (unpaired) electrons. The van der Waals surface area contributed by atoms with Crippen molar-refractivity contribution >= 4 is 33.5 Å². The Labute approximate surface area is 390 Å². The average molecular weight is 857 g/mol. The van der Waals surface area contributed by atoms with Gasteiger partial charge in [-0.1, -0.05) is 212 Å². The lowest BCUT2D eigenvalue weighted by atomic mass is 9.96. The van der Waals surface area contributed by atoms with Crippen LogP contribution in [0.3, 0.4) is 0 Å². The van der Waals surface area contributed by atoms with Crippen LogP contribution in [0.5, 0.6) is 0 Å². The zero-order chi connectivity index (χ0) is 44.5. The van der Waals surface area contributed by atoms with Crippen LogP contribution < -0.4 is 5.32 Å². The Morgan fingerprint density at radius 2 is 0.701 bits per heavy atom. The standard InChI is InChI=1S/C63H44N4/c1-3-15-43(16-4-1)49-19-11-21-51(39-49)45-31-35-47(36-32-45)61-64-62(66-63(65-61)55-25-14-26-56(42-55)67-59-29-9-7-27-57(59)58-28-8-10-30-60(58)67)48-37-33-46(34-38-48)52-22-13-24-54(41-52)53-23-12-20-50(40-53)44-17-5-2-6-18-44/h1-42,62H,(H,64,65,66). The lowest BCUT2D eigenvalue weighted by molar-refractivity contribution is 0.674. The number of nitrogens with zero attached hydrogens (tertiary/aromatic N) is 3. The summed E-state index contributed by atoms with van der Waals surface area (Å²) in [6.07, 6.45) is -0.372. The molecule has 4 nitrogen and oxygen atoms in total. The van der Waals surface area contributed by atoms with Crippen LogP contribution >= 0.6 is 0 Å². The Balaban J connectivity index is 0.894. The van der Waals surface area contributed by atoms with Gasteiger partial charge in [0.05, 0.1) is 11.0 Å². The predicted octanol–water partition coefficient (Wildman–Crippen LogP) is 15.6. The van der Waals surface area contributed by atoms with E-state index < -0.39 is 0 Å². The quantitative estimate of drug-likeness (QED) is 0.154. The fraction of sp³-hybridized carbons (Fsp3) is 0.0159. The van der Waals surface area contributed by atoms with Crippen LogP contribution in [0.4, 0.5) is 0 Å². The number of benzene rings is 10. The summed E-state index contributed by atoms with van der Waals surface area (Å²) >= 11 is 0. The van der Waals surface area contributed by atoms with Gasteiger partial charge in [0.15, 0.2) is 5.84 Å². The number of aromatic nitrogens is 1. The van der Waals surface area contributed by atoms with E-state index in [0.29, 0.717) is 5.84 Å². The van der Waals surface area contributed by atoms with Gasteiger partial charge in [-0.2, -0.15) is 0 Å². The van der Waals surface area contributed by atoms with Crippen molar-refractivity contribution < 1.29 is 0 Å². The van der Waals surface area contributed by atoms with Crippen molar-refractivity contribution in [1.82, 2.24) is 9.88 Å². The zero-order valence-corrected chi connectivity index (χ0v) is 36.7. The lowest BCUT2D eigenvalue weighted by Crippen LogP contribution is -2.33. The van der Waals surface area contributed by atoms with Crippen LogP contribution in [0.1, 0.15) is 22.9 Å². The zero-order valence-electron chi connectivity index (χ0n) is 36.7. The van der Waals surface area contributed by atoms with Gasteiger partial charge >= 0.3 is 0 Å². The van der Waals surface area contributed by atoms with E-state index in [0.717, 1.165) is 50.5 Å². The van der Waals surface area contributed by atoms with E-state index in [1.54, 1.807) is 0 Å². The molecule has 0 aliphatic carbocycles. The highest BCUT2D eigenvalue weighted by Crippen LogP contribution is 2.35. The molecule has 4 heteroatoms. The summed E-state index contributed by atoms with van der Waals surface area (Å²) in [6, 6.07) is 90.8. The van der Waals surface area contributed by atoms with E-state index in [9.17, 15) is 0 Å². The van der Waals surface area contributed by atoms with Gasteiger partial charge in [-0.15, -0.1) is 0 Å². The Hall–Kier alpha value is -8.86. The second-order valence-electron chi connectivity index (χ2n) is 17.1. The molecule has 12 rings (SSSR count). The topological polar surface area (TPSA) is 41.7 Å². The monoisotopic (exact) mass is 856 g/mol. The van der Waals surface area contributed by atoms with Gasteiger partial charge in [-0.3, -0.25) is 0 Å². The third kappa shape index (κ3) is 7.81. The van der Waals surface area contributed by atoms with Crippen molar-refractivity contribution in [2.24, 2.45) is 9.98 Å². The normalized spacial score (nSPS) is 13.5. The second kappa shape index (κ2) is 17.3. The maximum Gasteiger partial charge on any atom is 0.159 e. The fourth-order valence-corrected chi connectivity index (χ4v) is 9.45. The minimum Gasteiger partial charge on any atom is -0.344 e. The van der Waals surface area contributed by atoms with Crippen molar-refractivity contribution in [3.8, 4) is 61.3 Å². The molecule has 0 amide bonds. The van der Waals surface area contributed by atoms with Crippen molar-refractivity contribution in [1.29, 1.82) is 0 Å². The third-order valence-electron chi connectivity index (χ3n) is 12.9. The van der Waals surface area contributed by atoms with Crippen molar-refractivity contribution in [2.45, 2.75) is 6.17 Å². The number of aliphatic imine (C=N–C) groups is 2. The van der Waals surface area contributed by atoms with Crippen LogP contribution in [-0.4, -0.2) is 16.2 Å². The van der Waals surface area contributed by atoms with Gasteiger partial charge in [-0.25, -0.2) is 9.98 Å². The molecule has 1 N–H and O–H groups in total. The first-order chi connectivity index (χ1) is 33.2. The first-order valence-corrected chi connectivity index (χ1v) is 22.8. The Morgan fingerprint density at radius 3 is 1.22 bits per heavy atom. The Morgan fingerprint density at radius 1 is 0.313 bits per heavy atom. The van der Waals surface area contributed by atoms with E-state index in [1.165, 1.54) is 55.2 Å². The molecule has 0 saturated heterocycles. The summed E-state index contributed by atoms with van der Waals surface area (Å²) in [4.78, 5) is 10.6. The SMILES string of the molecule is c1ccc(-c2cccc(-c3ccc(C4=NC(c5ccc(-c6cccc(-c7cccc(-c8ccccc8)c7)c6)cc5)NC(c5cccc(-n6c7ccccc7c7ccccc76)c5)=N4)cc3)c2)cc1. The molecule has 1 aliphatic rings. The van der Waals surface area contributed by atoms with Gasteiger partial charge in [0.1, 0.15) is 12.0 Å². The number of nitrogens with one attached hydrogen (secondary N) is 1. The molecule has 0 bridgehead atoms. The van der Waals surface area contributed by atoms with E-state index in [1.807, 2.05) is 0 Å². The Kier molecular flexibility index (Phi) is 10.2. The fourth-order valence-electron chi connectivity index (χ4n) is 9.45. The van der Waals surface area contributed by atoms with E-state index >= 15 is 0 Å². The summed E-state index contributed by atoms with van der Waals surface area (Å²) in [6.45, 7) is 0. The number of hydrogen-bond acceptors (Lipinski definition) is 3. The van der Waals surface area contributed by atoms with Crippen molar-refractivity contribution in [2.75, 3.05) is 0 Å². The summed E-state index contributed by atoms with van der Waals surface area (Å²) < 4.78 is 2.35. The van der Waals surface area contributed by atoms with Crippen molar-refractivity contribution in [3.05, 3.63) is 271 Å². The number of para-hydroxylation sites is 2. The van der Waals surface area contributed by atoms with Gasteiger partial charge in [0, 0.05) is 27.6 Å². The number of amidine groups is 2. The first kappa shape index (κ1) is 39.7. The molecule has 11 aromatic rings. The smallest absolute Gasteiger partial charge is 0.159 e. The summed E-state index contributed by atoms with van der Waals surface area (Å²) in [5.41, 5.74) is 18.2. The summed E-state index contributed by atoms with van der Waals surface area (Å²) in [5.74, 6) is 1.45. The Bertz CT molecular complexity index is 3590. The van der Waals surface area contributed by atoms with Crippen LogP contribution in [-0.2, 0) is 0 Å². The average Bonchev–Trinajstić information content (AvgIpc) is 3.76. The number of rotatable bonds is 9. The molecule has 1 aromatic heterocycles. The molecule has 67 heavy (non-hydrogen) atoms. The molecule has 1 aliphatic heterocycles. The highest BCUT2D eigenvalue weighted by atomic mass is 15.2. The second-order valence-corrected chi connectivity index (χ2v) is 17.1. The molecule has 10 aromatic carbocycles. The number of fused-ring (bicyclic) bond motifs is 3. The third-order valence-corrected chi connectivity index (χ3v) is 12.9. The highest BCUT2D eigenvalue weighted by Gasteiger charge is 2.22. The molecule has 2 heterocycles. The van der Waals surface area contributed by atoms with Crippen LogP contribution in [0, 0.1) is 0 Å². The van der Waals surface area contributed by atoms with Gasteiger partial charge < -0.3 is 9.88 Å². The predicted molar refractivity (Wildman–Crippen MR) is 280 cm³/mol. The van der Waals surface area contributed by atoms with Crippen LogP contribution in [0.25, 0.3) is 83.1 Å². The largest absolute Gasteiger partial charge is 0.344 e. The maximum atomic E-state index is 5.31. The minimum atomic E-state index is -0.372. The number of hydrogen-bond donors (Lipinski definition) is 1.